The van der Waals surface area contributed by atoms with Gasteiger partial charge in [0.15, 0.2) is 9.84 Å². The van der Waals surface area contributed by atoms with Crippen molar-refractivity contribution in [2.75, 3.05) is 0 Å². The van der Waals surface area contributed by atoms with Gasteiger partial charge in [-0.1, -0.05) is 30.3 Å². The fraction of sp³-hybridized carbons (Fsp3) is 0.312. The average molecular weight is 285 g/mol. The standard InChI is InChI=1S/C16H15NO2S/c18-20(19)13-5-6-14(20)10-12(9-13)16-15-4-2-1-3-11(15)7-8-17-16/h1-4,7-9,13-14H,5-6,10H2. The SMILES string of the molecule is O=S1(=O)C2C=C(c3nccc4ccccc34)CC1CC2. The first kappa shape index (κ1) is 12.1. The topological polar surface area (TPSA) is 47.0 Å². The Bertz CT molecular complexity index is 818. The molecule has 2 unspecified atom stereocenters. The van der Waals surface area contributed by atoms with Crippen LogP contribution in [0.1, 0.15) is 25.0 Å². The lowest BCUT2D eigenvalue weighted by molar-refractivity contribution is 0.585. The minimum atomic E-state index is -2.93. The summed E-state index contributed by atoms with van der Waals surface area (Å²) in [6.07, 6.45) is 5.91. The first-order chi connectivity index (χ1) is 9.66. The minimum absolute atomic E-state index is 0.201. The van der Waals surface area contributed by atoms with Crippen LogP contribution >= 0.6 is 0 Å². The number of allylic oxidation sites excluding steroid dienone is 1. The second-order valence-corrected chi connectivity index (χ2v) is 8.05. The Morgan fingerprint density at radius 2 is 1.95 bits per heavy atom. The van der Waals surface area contributed by atoms with Gasteiger partial charge >= 0.3 is 0 Å². The van der Waals surface area contributed by atoms with Crippen molar-refractivity contribution in [3.8, 4) is 0 Å². The molecule has 0 N–H and O–H groups in total. The van der Waals surface area contributed by atoms with Crippen LogP contribution in [0.15, 0.2) is 42.6 Å². The van der Waals surface area contributed by atoms with Crippen LogP contribution < -0.4 is 0 Å². The number of aromatic nitrogens is 1. The Balaban J connectivity index is 1.90. The van der Waals surface area contributed by atoms with E-state index >= 15 is 0 Å². The summed E-state index contributed by atoms with van der Waals surface area (Å²) in [5.41, 5.74) is 2.05. The second kappa shape index (κ2) is 4.16. The fourth-order valence-electron chi connectivity index (χ4n) is 3.41. The van der Waals surface area contributed by atoms with E-state index in [1.54, 1.807) is 0 Å². The van der Waals surface area contributed by atoms with E-state index in [0.717, 1.165) is 34.9 Å². The van der Waals surface area contributed by atoms with Crippen molar-refractivity contribution in [2.45, 2.75) is 29.8 Å². The minimum Gasteiger partial charge on any atom is -0.256 e. The maximum Gasteiger partial charge on any atom is 0.159 e. The van der Waals surface area contributed by atoms with Gasteiger partial charge in [-0.25, -0.2) is 8.42 Å². The predicted octanol–water partition coefficient (Wildman–Crippen LogP) is 2.97. The molecule has 1 aromatic heterocycles. The number of pyridine rings is 1. The molecule has 0 spiro atoms. The molecule has 102 valence electrons. The molecule has 1 fully saturated rings. The highest BCUT2D eigenvalue weighted by Crippen LogP contribution is 2.41. The summed E-state index contributed by atoms with van der Waals surface area (Å²) in [7, 11) is -2.93. The normalized spacial score (nSPS) is 27.5. The van der Waals surface area contributed by atoms with Crippen LogP contribution in [-0.2, 0) is 9.84 Å². The zero-order valence-corrected chi connectivity index (χ0v) is 11.8. The third kappa shape index (κ3) is 1.64. The number of rotatable bonds is 1. The smallest absolute Gasteiger partial charge is 0.159 e. The van der Waals surface area contributed by atoms with Crippen molar-refractivity contribution < 1.29 is 8.42 Å². The molecule has 0 amide bonds. The number of benzene rings is 1. The summed E-state index contributed by atoms with van der Waals surface area (Å²) in [6, 6.07) is 10.1. The largest absolute Gasteiger partial charge is 0.256 e. The van der Waals surface area contributed by atoms with Gasteiger partial charge in [0, 0.05) is 11.6 Å². The van der Waals surface area contributed by atoms with Gasteiger partial charge in [-0.3, -0.25) is 4.98 Å². The summed E-state index contributed by atoms with van der Waals surface area (Å²) < 4.78 is 24.3. The maximum absolute atomic E-state index is 12.2. The molecular weight excluding hydrogens is 270 g/mol. The average Bonchev–Trinajstić information content (AvgIpc) is 2.66. The highest BCUT2D eigenvalue weighted by Gasteiger charge is 2.43. The first-order valence-corrected chi connectivity index (χ1v) is 8.55. The molecule has 4 heteroatoms. The number of hydrogen-bond donors (Lipinski definition) is 0. The number of hydrogen-bond acceptors (Lipinski definition) is 3. The predicted molar refractivity (Wildman–Crippen MR) is 80.1 cm³/mol. The lowest BCUT2D eigenvalue weighted by atomic mass is 10.0. The van der Waals surface area contributed by atoms with E-state index in [9.17, 15) is 8.42 Å². The molecule has 1 saturated heterocycles. The van der Waals surface area contributed by atoms with Crippen LogP contribution in [0.4, 0.5) is 0 Å². The first-order valence-electron chi connectivity index (χ1n) is 6.94. The van der Waals surface area contributed by atoms with Crippen molar-refractivity contribution in [2.24, 2.45) is 0 Å². The van der Waals surface area contributed by atoms with Crippen LogP contribution in [0.3, 0.4) is 0 Å². The van der Waals surface area contributed by atoms with E-state index in [1.165, 1.54) is 0 Å². The van der Waals surface area contributed by atoms with E-state index in [1.807, 2.05) is 30.5 Å². The molecule has 0 aliphatic carbocycles. The van der Waals surface area contributed by atoms with Gasteiger partial charge in [-0.15, -0.1) is 0 Å². The summed E-state index contributed by atoms with van der Waals surface area (Å²) in [5.74, 6) is 0. The Morgan fingerprint density at radius 3 is 2.80 bits per heavy atom. The highest BCUT2D eigenvalue weighted by atomic mass is 32.2. The number of sulfone groups is 1. The van der Waals surface area contributed by atoms with Gasteiger partial charge in [0.25, 0.3) is 0 Å². The number of fused-ring (bicyclic) bond motifs is 3. The van der Waals surface area contributed by atoms with Crippen molar-refractivity contribution in [3.63, 3.8) is 0 Å². The molecule has 2 aromatic rings. The molecule has 20 heavy (non-hydrogen) atoms. The van der Waals surface area contributed by atoms with Crippen molar-refractivity contribution >= 4 is 26.2 Å². The van der Waals surface area contributed by atoms with E-state index < -0.39 is 9.84 Å². The molecule has 2 aliphatic heterocycles. The second-order valence-electron chi connectivity index (χ2n) is 5.60. The van der Waals surface area contributed by atoms with Crippen molar-refractivity contribution in [3.05, 3.63) is 48.3 Å². The third-order valence-electron chi connectivity index (χ3n) is 4.47. The maximum atomic E-state index is 12.2. The van der Waals surface area contributed by atoms with Gasteiger partial charge in [0.05, 0.1) is 16.2 Å². The lowest BCUT2D eigenvalue weighted by Crippen LogP contribution is -2.26. The molecule has 0 saturated carbocycles. The Kier molecular flexibility index (Phi) is 2.51. The highest BCUT2D eigenvalue weighted by molar-refractivity contribution is 7.93. The third-order valence-corrected chi connectivity index (χ3v) is 7.02. The quantitative estimate of drug-likeness (QED) is 0.809. The van der Waals surface area contributed by atoms with Crippen LogP contribution in [0, 0.1) is 0 Å². The van der Waals surface area contributed by atoms with E-state index in [-0.39, 0.29) is 10.5 Å². The molecule has 2 aliphatic rings. The molecule has 3 heterocycles. The Morgan fingerprint density at radius 1 is 1.10 bits per heavy atom. The van der Waals surface area contributed by atoms with Gasteiger partial charge in [0.2, 0.25) is 0 Å². The molecular formula is C16H15NO2S. The molecule has 2 atom stereocenters. The summed E-state index contributed by atoms with van der Waals surface area (Å²) >= 11 is 0. The lowest BCUT2D eigenvalue weighted by Gasteiger charge is -2.20. The van der Waals surface area contributed by atoms with Crippen molar-refractivity contribution in [1.82, 2.24) is 4.98 Å². The Labute approximate surface area is 118 Å². The molecule has 3 nitrogen and oxygen atoms in total. The fourth-order valence-corrected chi connectivity index (χ4v) is 5.60. The molecule has 0 radical (unpaired) electrons. The van der Waals surface area contributed by atoms with Gasteiger partial charge < -0.3 is 0 Å². The van der Waals surface area contributed by atoms with Crippen LogP contribution in [-0.4, -0.2) is 23.9 Å². The molecule has 2 bridgehead atoms. The van der Waals surface area contributed by atoms with Crippen LogP contribution in [0.2, 0.25) is 0 Å². The Hall–Kier alpha value is -1.68. The van der Waals surface area contributed by atoms with Gasteiger partial charge in [-0.05, 0) is 36.3 Å². The molecule has 1 aromatic carbocycles. The van der Waals surface area contributed by atoms with Crippen molar-refractivity contribution in [1.29, 1.82) is 0 Å². The summed E-state index contributed by atoms with van der Waals surface area (Å²) in [5, 5.41) is 1.77. The monoisotopic (exact) mass is 285 g/mol. The summed E-state index contributed by atoms with van der Waals surface area (Å²) in [6.45, 7) is 0. The van der Waals surface area contributed by atoms with Gasteiger partial charge in [-0.2, -0.15) is 0 Å². The number of nitrogens with zero attached hydrogens (tertiary/aromatic N) is 1. The van der Waals surface area contributed by atoms with E-state index in [2.05, 4.69) is 17.1 Å². The zero-order valence-electron chi connectivity index (χ0n) is 11.0. The van der Waals surface area contributed by atoms with Crippen LogP contribution in [0.25, 0.3) is 16.3 Å². The zero-order chi connectivity index (χ0) is 13.7. The van der Waals surface area contributed by atoms with Crippen LogP contribution in [0.5, 0.6) is 0 Å². The summed E-state index contributed by atoms with van der Waals surface area (Å²) in [4.78, 5) is 4.51. The van der Waals surface area contributed by atoms with E-state index in [4.69, 9.17) is 0 Å². The van der Waals surface area contributed by atoms with E-state index in [0.29, 0.717) is 6.42 Å². The molecule has 4 rings (SSSR count). The van der Waals surface area contributed by atoms with Gasteiger partial charge in [0.1, 0.15) is 0 Å².